The number of phenols is 1. The topological polar surface area (TPSA) is 33.1 Å². The molecule has 1 aliphatic rings. The summed E-state index contributed by atoms with van der Waals surface area (Å²) in [5, 5.41) is 9.55. The number of hydrogen-bond donors (Lipinski definition) is 1. The van der Waals surface area contributed by atoms with Crippen molar-refractivity contribution in [2.75, 3.05) is 0 Å². The molecule has 0 bridgehead atoms. The van der Waals surface area contributed by atoms with Gasteiger partial charge in [0.25, 0.3) is 0 Å². The zero-order chi connectivity index (χ0) is 13.2. The van der Waals surface area contributed by atoms with Crippen molar-refractivity contribution >= 4 is 5.57 Å². The van der Waals surface area contributed by atoms with Crippen LogP contribution in [0.25, 0.3) is 5.57 Å². The van der Waals surface area contributed by atoms with E-state index in [0.29, 0.717) is 5.75 Å². The van der Waals surface area contributed by atoms with Crippen molar-refractivity contribution in [2.24, 2.45) is 0 Å². The van der Waals surface area contributed by atoms with Crippen LogP contribution in [0.4, 0.5) is 0 Å². The highest BCUT2D eigenvalue weighted by Gasteiger charge is 2.16. The smallest absolute Gasteiger partial charge is 0.115 e. The lowest BCUT2D eigenvalue weighted by molar-refractivity contribution is 0.474. The number of aromatic hydroxyl groups is 1. The number of aryl methyl sites for hydroxylation is 1. The molecule has 1 N–H and O–H groups in total. The number of pyridine rings is 1. The van der Waals surface area contributed by atoms with E-state index in [1.807, 2.05) is 24.5 Å². The van der Waals surface area contributed by atoms with Crippen LogP contribution in [0.5, 0.6) is 5.75 Å². The lowest BCUT2D eigenvalue weighted by Crippen LogP contribution is -2.05. The van der Waals surface area contributed by atoms with Gasteiger partial charge in [0.15, 0.2) is 0 Å². The second kappa shape index (κ2) is 4.88. The Kier molecular flexibility index (Phi) is 3.08. The maximum absolute atomic E-state index is 9.55. The van der Waals surface area contributed by atoms with Gasteiger partial charge >= 0.3 is 0 Å². The standard InChI is InChI=1S/C17H17NO/c1-12-14(10-13-6-8-18-9-7-13)2-3-15-11-16(19)4-5-17(12)15/h4-9,11,19H,2-3,10H2,1H3. The molecule has 96 valence electrons. The van der Waals surface area contributed by atoms with Gasteiger partial charge < -0.3 is 5.11 Å². The first kappa shape index (κ1) is 12.0. The Morgan fingerprint density at radius 2 is 1.89 bits per heavy atom. The van der Waals surface area contributed by atoms with E-state index in [9.17, 15) is 5.11 Å². The van der Waals surface area contributed by atoms with Crippen molar-refractivity contribution in [3.8, 4) is 5.75 Å². The highest BCUT2D eigenvalue weighted by atomic mass is 16.3. The molecule has 2 heteroatoms. The quantitative estimate of drug-likeness (QED) is 0.881. The minimum absolute atomic E-state index is 0.365. The molecule has 1 aromatic carbocycles. The number of benzene rings is 1. The molecule has 3 rings (SSSR count). The van der Waals surface area contributed by atoms with Crippen LogP contribution < -0.4 is 0 Å². The molecular formula is C17H17NO. The van der Waals surface area contributed by atoms with Crippen molar-refractivity contribution in [2.45, 2.75) is 26.2 Å². The monoisotopic (exact) mass is 251 g/mol. The maximum atomic E-state index is 9.55. The number of fused-ring (bicyclic) bond motifs is 1. The van der Waals surface area contributed by atoms with E-state index in [1.54, 1.807) is 6.07 Å². The van der Waals surface area contributed by atoms with E-state index in [4.69, 9.17) is 0 Å². The van der Waals surface area contributed by atoms with Crippen LogP contribution >= 0.6 is 0 Å². The summed E-state index contributed by atoms with van der Waals surface area (Å²) < 4.78 is 0. The average Bonchev–Trinajstić information content (AvgIpc) is 2.43. The predicted molar refractivity (Wildman–Crippen MR) is 77.0 cm³/mol. The first-order valence-electron chi connectivity index (χ1n) is 6.64. The van der Waals surface area contributed by atoms with E-state index in [-0.39, 0.29) is 0 Å². The molecule has 0 saturated heterocycles. The zero-order valence-corrected chi connectivity index (χ0v) is 11.1. The molecule has 0 atom stereocenters. The predicted octanol–water partition coefficient (Wildman–Crippen LogP) is 3.75. The number of hydrogen-bond acceptors (Lipinski definition) is 2. The third-order valence-corrected chi connectivity index (χ3v) is 3.89. The molecule has 1 aliphatic carbocycles. The first-order valence-corrected chi connectivity index (χ1v) is 6.64. The van der Waals surface area contributed by atoms with Crippen molar-refractivity contribution in [3.05, 3.63) is 65.0 Å². The van der Waals surface area contributed by atoms with Gasteiger partial charge in [0.05, 0.1) is 0 Å². The molecule has 0 amide bonds. The highest BCUT2D eigenvalue weighted by molar-refractivity contribution is 5.72. The van der Waals surface area contributed by atoms with Gasteiger partial charge in [-0.3, -0.25) is 4.98 Å². The zero-order valence-electron chi connectivity index (χ0n) is 11.1. The van der Waals surface area contributed by atoms with Gasteiger partial charge in [-0.2, -0.15) is 0 Å². The molecule has 0 radical (unpaired) electrons. The Labute approximate surface area is 113 Å². The van der Waals surface area contributed by atoms with Crippen molar-refractivity contribution in [3.63, 3.8) is 0 Å². The second-order valence-corrected chi connectivity index (χ2v) is 5.10. The van der Waals surface area contributed by atoms with Gasteiger partial charge in [0, 0.05) is 12.4 Å². The Morgan fingerprint density at radius 1 is 1.11 bits per heavy atom. The summed E-state index contributed by atoms with van der Waals surface area (Å²) in [4.78, 5) is 4.06. The van der Waals surface area contributed by atoms with Crippen LogP contribution in [-0.4, -0.2) is 10.1 Å². The maximum Gasteiger partial charge on any atom is 0.115 e. The number of aromatic nitrogens is 1. The number of rotatable bonds is 2. The second-order valence-electron chi connectivity index (χ2n) is 5.10. The van der Waals surface area contributed by atoms with Crippen molar-refractivity contribution in [1.82, 2.24) is 4.98 Å². The lowest BCUT2D eigenvalue weighted by Gasteiger charge is -2.21. The fourth-order valence-electron chi connectivity index (χ4n) is 2.78. The van der Waals surface area contributed by atoms with Crippen LogP contribution in [0.15, 0.2) is 48.3 Å². The minimum atomic E-state index is 0.365. The fourth-order valence-corrected chi connectivity index (χ4v) is 2.78. The van der Waals surface area contributed by atoms with Gasteiger partial charge in [-0.05, 0) is 72.7 Å². The Balaban J connectivity index is 1.95. The number of allylic oxidation sites excluding steroid dienone is 2. The SMILES string of the molecule is CC1=C(Cc2ccncc2)CCc2cc(O)ccc21. The Bertz CT molecular complexity index is 629. The molecule has 0 aliphatic heterocycles. The Hall–Kier alpha value is -2.09. The van der Waals surface area contributed by atoms with Gasteiger partial charge in [-0.15, -0.1) is 0 Å². The van der Waals surface area contributed by atoms with Crippen LogP contribution in [0.2, 0.25) is 0 Å². The summed E-state index contributed by atoms with van der Waals surface area (Å²) in [5.41, 5.74) is 6.71. The largest absolute Gasteiger partial charge is 0.508 e. The van der Waals surface area contributed by atoms with E-state index in [2.05, 4.69) is 24.0 Å². The molecule has 2 nitrogen and oxygen atoms in total. The van der Waals surface area contributed by atoms with Gasteiger partial charge in [-0.1, -0.05) is 11.6 Å². The van der Waals surface area contributed by atoms with Crippen LogP contribution in [-0.2, 0) is 12.8 Å². The van der Waals surface area contributed by atoms with Crippen molar-refractivity contribution in [1.29, 1.82) is 0 Å². The Morgan fingerprint density at radius 3 is 2.68 bits per heavy atom. The summed E-state index contributed by atoms with van der Waals surface area (Å²) >= 11 is 0. The molecule has 1 aromatic heterocycles. The first-order chi connectivity index (χ1) is 9.24. The van der Waals surface area contributed by atoms with Crippen LogP contribution in [0.1, 0.15) is 30.0 Å². The average molecular weight is 251 g/mol. The molecule has 0 saturated carbocycles. The molecular weight excluding hydrogens is 234 g/mol. The summed E-state index contributed by atoms with van der Waals surface area (Å²) in [6.45, 7) is 2.19. The molecule has 19 heavy (non-hydrogen) atoms. The normalized spacial score (nSPS) is 14.4. The fraction of sp³-hybridized carbons (Fsp3) is 0.235. The van der Waals surface area contributed by atoms with E-state index >= 15 is 0 Å². The molecule has 1 heterocycles. The summed E-state index contributed by atoms with van der Waals surface area (Å²) in [5.74, 6) is 0.365. The van der Waals surface area contributed by atoms with E-state index < -0.39 is 0 Å². The van der Waals surface area contributed by atoms with E-state index in [0.717, 1.165) is 19.3 Å². The summed E-state index contributed by atoms with van der Waals surface area (Å²) in [6, 6.07) is 9.85. The molecule has 0 unspecified atom stereocenters. The van der Waals surface area contributed by atoms with Gasteiger partial charge in [0.1, 0.15) is 5.75 Å². The third kappa shape index (κ3) is 2.39. The van der Waals surface area contributed by atoms with Crippen molar-refractivity contribution < 1.29 is 5.11 Å². The summed E-state index contributed by atoms with van der Waals surface area (Å²) in [7, 11) is 0. The third-order valence-electron chi connectivity index (χ3n) is 3.89. The lowest BCUT2D eigenvalue weighted by atomic mass is 9.84. The number of nitrogens with zero attached hydrogens (tertiary/aromatic N) is 1. The molecule has 2 aromatic rings. The number of phenolic OH excluding ortho intramolecular Hbond substituents is 1. The van der Waals surface area contributed by atoms with Crippen LogP contribution in [0, 0.1) is 0 Å². The van der Waals surface area contributed by atoms with Gasteiger partial charge in [0.2, 0.25) is 0 Å². The summed E-state index contributed by atoms with van der Waals surface area (Å²) in [6.07, 6.45) is 6.78. The minimum Gasteiger partial charge on any atom is -0.508 e. The molecule has 0 fully saturated rings. The highest BCUT2D eigenvalue weighted by Crippen LogP contribution is 2.34. The molecule has 0 spiro atoms. The van der Waals surface area contributed by atoms with Gasteiger partial charge in [-0.25, -0.2) is 0 Å². The van der Waals surface area contributed by atoms with E-state index in [1.165, 1.54) is 27.8 Å². The van der Waals surface area contributed by atoms with Crippen LogP contribution in [0.3, 0.4) is 0 Å².